The molecule has 2 N–H and O–H groups in total. The maximum Gasteiger partial charge on any atom is 0.356 e. The van der Waals surface area contributed by atoms with Crippen molar-refractivity contribution in [1.82, 2.24) is 9.97 Å². The first kappa shape index (κ1) is 8.45. The summed E-state index contributed by atoms with van der Waals surface area (Å²) in [6.45, 7) is 2.66. The molecule has 1 heterocycles. The molecule has 0 bridgehead atoms. The monoisotopic (exact) mass is 167 g/mol. The highest BCUT2D eigenvalue weighted by molar-refractivity contribution is 5.84. The summed E-state index contributed by atoms with van der Waals surface area (Å²) in [4.78, 5) is 17.9. The van der Waals surface area contributed by atoms with Crippen molar-refractivity contribution in [1.29, 1.82) is 0 Å². The van der Waals surface area contributed by atoms with E-state index in [2.05, 4.69) is 15.3 Å². The minimum absolute atomic E-state index is 0.0448. The number of hydrogen-bond acceptors (Lipinski definition) is 4. The molecule has 1 aromatic rings. The Balaban J connectivity index is 2.78. The largest absolute Gasteiger partial charge is 0.476 e. The van der Waals surface area contributed by atoms with E-state index in [0.717, 1.165) is 6.54 Å². The van der Waals surface area contributed by atoms with Gasteiger partial charge in [0.2, 0.25) is 0 Å². The van der Waals surface area contributed by atoms with E-state index in [1.54, 1.807) is 0 Å². The number of nitrogens with zero attached hydrogens (tertiary/aromatic N) is 2. The highest BCUT2D eigenvalue weighted by Gasteiger charge is 2.03. The highest BCUT2D eigenvalue weighted by Crippen LogP contribution is 1.99. The Morgan fingerprint density at radius 3 is 2.75 bits per heavy atom. The van der Waals surface area contributed by atoms with Crippen LogP contribution in [-0.4, -0.2) is 27.6 Å². The first-order valence-corrected chi connectivity index (χ1v) is 3.53. The lowest BCUT2D eigenvalue weighted by Crippen LogP contribution is -2.04. The van der Waals surface area contributed by atoms with Gasteiger partial charge in [-0.3, -0.25) is 0 Å². The van der Waals surface area contributed by atoms with Crippen LogP contribution in [0, 0.1) is 0 Å². The molecule has 5 nitrogen and oxygen atoms in total. The summed E-state index contributed by atoms with van der Waals surface area (Å²) in [6, 6.07) is 0. The molecular weight excluding hydrogens is 158 g/mol. The summed E-state index contributed by atoms with van der Waals surface area (Å²) in [5.74, 6) is -0.479. The smallest absolute Gasteiger partial charge is 0.356 e. The van der Waals surface area contributed by atoms with E-state index in [1.807, 2.05) is 6.92 Å². The Hall–Kier alpha value is -1.65. The van der Waals surface area contributed by atoms with Crippen molar-refractivity contribution in [3.63, 3.8) is 0 Å². The number of anilines is 1. The number of rotatable bonds is 3. The van der Waals surface area contributed by atoms with Crippen molar-refractivity contribution in [2.45, 2.75) is 6.92 Å². The molecule has 0 aliphatic carbocycles. The van der Waals surface area contributed by atoms with Crippen LogP contribution in [0.1, 0.15) is 17.4 Å². The summed E-state index contributed by atoms with van der Waals surface area (Å²) in [5.41, 5.74) is -0.0448. The second-order valence-corrected chi connectivity index (χ2v) is 2.12. The van der Waals surface area contributed by atoms with Crippen LogP contribution < -0.4 is 5.32 Å². The molecule has 1 rings (SSSR count). The molecule has 5 heteroatoms. The molecule has 1 aromatic heterocycles. The molecule has 0 saturated carbocycles. The maximum absolute atomic E-state index is 10.3. The van der Waals surface area contributed by atoms with Gasteiger partial charge in [-0.05, 0) is 6.92 Å². The van der Waals surface area contributed by atoms with Gasteiger partial charge in [0.05, 0.1) is 12.4 Å². The van der Waals surface area contributed by atoms with Gasteiger partial charge < -0.3 is 10.4 Å². The third-order valence-corrected chi connectivity index (χ3v) is 1.23. The van der Waals surface area contributed by atoms with E-state index in [4.69, 9.17) is 5.11 Å². The van der Waals surface area contributed by atoms with E-state index in [-0.39, 0.29) is 5.69 Å². The maximum atomic E-state index is 10.3. The fourth-order valence-electron chi connectivity index (χ4n) is 0.711. The van der Waals surface area contributed by atoms with Crippen LogP contribution >= 0.6 is 0 Å². The zero-order valence-corrected chi connectivity index (χ0v) is 6.61. The van der Waals surface area contributed by atoms with Crippen LogP contribution in [0.3, 0.4) is 0 Å². The Morgan fingerprint density at radius 2 is 2.33 bits per heavy atom. The number of carboxylic acid groups (broad SMARTS) is 1. The molecule has 0 atom stereocenters. The molecule has 0 aromatic carbocycles. The molecule has 12 heavy (non-hydrogen) atoms. The average molecular weight is 167 g/mol. The Labute approximate surface area is 69.5 Å². The molecule has 0 radical (unpaired) electrons. The van der Waals surface area contributed by atoms with Crippen molar-refractivity contribution in [3.05, 3.63) is 18.1 Å². The van der Waals surface area contributed by atoms with E-state index in [0.29, 0.717) is 5.82 Å². The van der Waals surface area contributed by atoms with Crippen molar-refractivity contribution in [3.8, 4) is 0 Å². The number of nitrogens with one attached hydrogen (secondary N) is 1. The number of hydrogen-bond donors (Lipinski definition) is 2. The Bertz CT molecular complexity index is 270. The normalized spacial score (nSPS) is 9.42. The van der Waals surface area contributed by atoms with Gasteiger partial charge in [-0.15, -0.1) is 0 Å². The number of carboxylic acids is 1. The van der Waals surface area contributed by atoms with Gasteiger partial charge in [0.25, 0.3) is 0 Å². The predicted molar refractivity (Wildman–Crippen MR) is 43.2 cm³/mol. The van der Waals surface area contributed by atoms with Crippen LogP contribution in [-0.2, 0) is 0 Å². The van der Waals surface area contributed by atoms with Gasteiger partial charge in [-0.2, -0.15) is 0 Å². The number of carbonyl (C=O) groups is 1. The third-order valence-electron chi connectivity index (χ3n) is 1.23. The summed E-state index contributed by atoms with van der Waals surface area (Å²) in [5, 5.41) is 11.4. The molecule has 0 saturated heterocycles. The summed E-state index contributed by atoms with van der Waals surface area (Å²) < 4.78 is 0. The molecule has 0 aliphatic heterocycles. The van der Waals surface area contributed by atoms with Crippen LogP contribution in [0.15, 0.2) is 12.4 Å². The first-order valence-electron chi connectivity index (χ1n) is 3.53. The number of aromatic nitrogens is 2. The van der Waals surface area contributed by atoms with Crippen LogP contribution in [0.2, 0.25) is 0 Å². The Kier molecular flexibility index (Phi) is 2.57. The Morgan fingerprint density at radius 1 is 1.58 bits per heavy atom. The minimum atomic E-state index is -1.06. The molecule has 0 amide bonds. The standard InChI is InChI=1S/C7H9N3O2/c1-2-8-6-4-9-5(3-10-6)7(11)12/h3-4H,2H2,1H3,(H,8,10)(H,11,12). The molecule has 0 unspecified atom stereocenters. The van der Waals surface area contributed by atoms with E-state index >= 15 is 0 Å². The van der Waals surface area contributed by atoms with Crippen LogP contribution in [0.5, 0.6) is 0 Å². The van der Waals surface area contributed by atoms with Gasteiger partial charge >= 0.3 is 5.97 Å². The van der Waals surface area contributed by atoms with Crippen molar-refractivity contribution in [2.75, 3.05) is 11.9 Å². The summed E-state index contributed by atoms with van der Waals surface area (Å²) in [7, 11) is 0. The zero-order chi connectivity index (χ0) is 8.97. The van der Waals surface area contributed by atoms with Crippen LogP contribution in [0.4, 0.5) is 5.82 Å². The summed E-state index contributed by atoms with van der Waals surface area (Å²) >= 11 is 0. The topological polar surface area (TPSA) is 75.1 Å². The zero-order valence-electron chi connectivity index (χ0n) is 6.61. The molecular formula is C7H9N3O2. The van der Waals surface area contributed by atoms with Gasteiger partial charge in [0, 0.05) is 6.54 Å². The fraction of sp³-hybridized carbons (Fsp3) is 0.286. The third kappa shape index (κ3) is 1.91. The quantitative estimate of drug-likeness (QED) is 0.689. The van der Waals surface area contributed by atoms with Crippen molar-refractivity contribution < 1.29 is 9.90 Å². The van der Waals surface area contributed by atoms with Crippen LogP contribution in [0.25, 0.3) is 0 Å². The lowest BCUT2D eigenvalue weighted by atomic mass is 10.4. The van der Waals surface area contributed by atoms with Gasteiger partial charge in [0.15, 0.2) is 5.69 Å². The second kappa shape index (κ2) is 3.66. The van der Waals surface area contributed by atoms with Crippen molar-refractivity contribution >= 4 is 11.8 Å². The van der Waals surface area contributed by atoms with E-state index in [9.17, 15) is 4.79 Å². The molecule has 0 fully saturated rings. The van der Waals surface area contributed by atoms with Gasteiger partial charge in [-0.25, -0.2) is 14.8 Å². The molecule has 64 valence electrons. The minimum Gasteiger partial charge on any atom is -0.476 e. The summed E-state index contributed by atoms with van der Waals surface area (Å²) in [6.07, 6.45) is 2.62. The fourth-order valence-corrected chi connectivity index (χ4v) is 0.711. The number of aromatic carboxylic acids is 1. The van der Waals surface area contributed by atoms with E-state index < -0.39 is 5.97 Å². The molecule has 0 spiro atoms. The lowest BCUT2D eigenvalue weighted by molar-refractivity contribution is 0.0690. The average Bonchev–Trinajstić information content (AvgIpc) is 2.06. The SMILES string of the molecule is CCNc1cnc(C(=O)O)cn1. The molecule has 0 aliphatic rings. The predicted octanol–water partition coefficient (Wildman–Crippen LogP) is 0.607. The van der Waals surface area contributed by atoms with Crippen molar-refractivity contribution in [2.24, 2.45) is 0 Å². The highest BCUT2D eigenvalue weighted by atomic mass is 16.4. The van der Waals surface area contributed by atoms with Gasteiger partial charge in [0.1, 0.15) is 5.82 Å². The first-order chi connectivity index (χ1) is 5.74. The van der Waals surface area contributed by atoms with E-state index in [1.165, 1.54) is 12.4 Å². The van der Waals surface area contributed by atoms with Gasteiger partial charge in [-0.1, -0.05) is 0 Å². The lowest BCUT2D eigenvalue weighted by Gasteiger charge is -1.99. The second-order valence-electron chi connectivity index (χ2n) is 2.12.